The summed E-state index contributed by atoms with van der Waals surface area (Å²) in [6, 6.07) is 28.7. The third kappa shape index (κ3) is 4.53. The molecule has 0 bridgehead atoms. The van der Waals surface area contributed by atoms with Crippen molar-refractivity contribution in [2.75, 3.05) is 0 Å². The lowest BCUT2D eigenvalue weighted by Crippen LogP contribution is -2.19. The number of hydrogen-bond donors (Lipinski definition) is 0. The molecule has 0 aromatic heterocycles. The van der Waals surface area contributed by atoms with Crippen LogP contribution in [-0.2, 0) is 9.84 Å². The van der Waals surface area contributed by atoms with Gasteiger partial charge in [0.1, 0.15) is 5.25 Å². The van der Waals surface area contributed by atoms with E-state index in [1.165, 1.54) is 0 Å². The molecule has 0 radical (unpaired) electrons. The van der Waals surface area contributed by atoms with E-state index in [-0.39, 0.29) is 10.7 Å². The van der Waals surface area contributed by atoms with E-state index in [0.717, 1.165) is 16.7 Å². The van der Waals surface area contributed by atoms with Crippen molar-refractivity contribution < 1.29 is 13.2 Å². The van der Waals surface area contributed by atoms with E-state index in [4.69, 9.17) is 0 Å². The van der Waals surface area contributed by atoms with Gasteiger partial charge < -0.3 is 0 Å². The maximum absolute atomic E-state index is 14.0. The zero-order valence-electron chi connectivity index (χ0n) is 18.9. The van der Waals surface area contributed by atoms with Gasteiger partial charge in [-0.25, -0.2) is 8.42 Å². The van der Waals surface area contributed by atoms with Crippen LogP contribution in [-0.4, -0.2) is 14.2 Å². The molecule has 4 aromatic rings. The summed E-state index contributed by atoms with van der Waals surface area (Å²) in [6.07, 6.45) is 0. The van der Waals surface area contributed by atoms with Gasteiger partial charge in [-0.1, -0.05) is 84.4 Å². The average Bonchev–Trinajstić information content (AvgIpc) is 2.82. The summed E-state index contributed by atoms with van der Waals surface area (Å²) in [6.45, 7) is 5.80. The fourth-order valence-corrected chi connectivity index (χ4v) is 5.85. The number of ketones is 1. The van der Waals surface area contributed by atoms with Gasteiger partial charge >= 0.3 is 0 Å². The van der Waals surface area contributed by atoms with E-state index in [1.54, 1.807) is 36.4 Å². The summed E-state index contributed by atoms with van der Waals surface area (Å²) in [5.41, 5.74) is 4.93. The van der Waals surface area contributed by atoms with Crippen LogP contribution < -0.4 is 0 Å². The van der Waals surface area contributed by atoms with E-state index in [1.807, 2.05) is 81.4 Å². The molecule has 0 spiro atoms. The van der Waals surface area contributed by atoms with Crippen molar-refractivity contribution in [1.29, 1.82) is 0 Å². The Hall–Kier alpha value is -3.50. The smallest absolute Gasteiger partial charge is 0.193 e. The van der Waals surface area contributed by atoms with Gasteiger partial charge in [0.25, 0.3) is 0 Å². The van der Waals surface area contributed by atoms with E-state index < -0.39 is 15.1 Å². The quantitative estimate of drug-likeness (QED) is 0.317. The molecule has 0 saturated heterocycles. The second-order valence-corrected chi connectivity index (χ2v) is 10.4. The van der Waals surface area contributed by atoms with Crippen LogP contribution in [0.4, 0.5) is 0 Å². The van der Waals surface area contributed by atoms with Crippen molar-refractivity contribution >= 4 is 15.6 Å². The molecule has 0 aliphatic rings. The van der Waals surface area contributed by atoms with Crippen LogP contribution in [0.25, 0.3) is 0 Å². The molecule has 33 heavy (non-hydrogen) atoms. The number of rotatable bonds is 6. The topological polar surface area (TPSA) is 51.2 Å². The van der Waals surface area contributed by atoms with Gasteiger partial charge in [-0.05, 0) is 61.2 Å². The Morgan fingerprint density at radius 3 is 1.85 bits per heavy atom. The van der Waals surface area contributed by atoms with Gasteiger partial charge in [0.15, 0.2) is 15.6 Å². The zero-order valence-corrected chi connectivity index (χ0v) is 19.8. The highest BCUT2D eigenvalue weighted by atomic mass is 32.2. The van der Waals surface area contributed by atoms with Gasteiger partial charge in [0, 0.05) is 11.1 Å². The SMILES string of the molecule is Cc1ccc(S(=O)(=O)C(c2ccccc2)c2cc(C)c(C)cc2C(=O)c2ccccc2)cc1. The van der Waals surface area contributed by atoms with Crippen LogP contribution in [0.2, 0.25) is 0 Å². The van der Waals surface area contributed by atoms with Crippen LogP contribution in [0.1, 0.15) is 49.0 Å². The summed E-state index contributed by atoms with van der Waals surface area (Å²) < 4.78 is 28.1. The van der Waals surface area contributed by atoms with Gasteiger partial charge in [-0.2, -0.15) is 0 Å². The van der Waals surface area contributed by atoms with Crippen molar-refractivity contribution in [2.45, 2.75) is 30.9 Å². The first-order valence-electron chi connectivity index (χ1n) is 10.9. The third-order valence-corrected chi connectivity index (χ3v) is 8.07. The zero-order chi connectivity index (χ0) is 23.6. The van der Waals surface area contributed by atoms with E-state index >= 15 is 0 Å². The van der Waals surface area contributed by atoms with Crippen molar-refractivity contribution in [2.24, 2.45) is 0 Å². The normalized spacial score (nSPS) is 12.3. The number of carbonyl (C=O) groups is 1. The van der Waals surface area contributed by atoms with Gasteiger partial charge in [0.05, 0.1) is 4.90 Å². The lowest BCUT2D eigenvalue weighted by atomic mass is 9.90. The molecule has 0 amide bonds. The first-order valence-corrected chi connectivity index (χ1v) is 12.4. The fourth-order valence-electron chi connectivity index (χ4n) is 4.01. The molecule has 3 nitrogen and oxygen atoms in total. The molecule has 0 fully saturated rings. The average molecular weight is 455 g/mol. The minimum absolute atomic E-state index is 0.186. The molecule has 1 atom stereocenters. The Balaban J connectivity index is 2.00. The number of hydrogen-bond acceptors (Lipinski definition) is 3. The largest absolute Gasteiger partial charge is 0.289 e. The number of sulfone groups is 1. The van der Waals surface area contributed by atoms with E-state index in [9.17, 15) is 13.2 Å². The Labute approximate surface area is 195 Å². The van der Waals surface area contributed by atoms with Crippen molar-refractivity contribution in [3.63, 3.8) is 0 Å². The molecule has 4 rings (SSSR count). The molecule has 0 saturated carbocycles. The summed E-state index contributed by atoms with van der Waals surface area (Å²) in [7, 11) is -3.84. The second kappa shape index (κ2) is 9.16. The summed E-state index contributed by atoms with van der Waals surface area (Å²) >= 11 is 0. The first-order chi connectivity index (χ1) is 15.8. The summed E-state index contributed by atoms with van der Waals surface area (Å²) in [5.74, 6) is -0.186. The molecule has 0 N–H and O–H groups in total. The summed E-state index contributed by atoms with van der Waals surface area (Å²) in [4.78, 5) is 13.8. The fraction of sp³-hybridized carbons (Fsp3) is 0.138. The highest BCUT2D eigenvalue weighted by Gasteiger charge is 2.34. The number of benzene rings is 4. The Kier molecular flexibility index (Phi) is 6.30. The Bertz CT molecular complexity index is 1390. The van der Waals surface area contributed by atoms with Crippen molar-refractivity contribution in [3.8, 4) is 0 Å². The maximum atomic E-state index is 14.0. The predicted octanol–water partition coefficient (Wildman–Crippen LogP) is 6.41. The van der Waals surface area contributed by atoms with Crippen LogP contribution in [0.15, 0.2) is 102 Å². The van der Waals surface area contributed by atoms with Gasteiger partial charge in [-0.3, -0.25) is 4.79 Å². The lowest BCUT2D eigenvalue weighted by molar-refractivity contribution is 0.103. The van der Waals surface area contributed by atoms with Crippen LogP contribution in [0.5, 0.6) is 0 Å². The van der Waals surface area contributed by atoms with Crippen molar-refractivity contribution in [1.82, 2.24) is 0 Å². The monoisotopic (exact) mass is 454 g/mol. The maximum Gasteiger partial charge on any atom is 0.193 e. The minimum Gasteiger partial charge on any atom is -0.289 e. The van der Waals surface area contributed by atoms with E-state index in [0.29, 0.717) is 22.3 Å². The van der Waals surface area contributed by atoms with Gasteiger partial charge in [0.2, 0.25) is 0 Å². The molecular weight excluding hydrogens is 428 g/mol. The van der Waals surface area contributed by atoms with E-state index in [2.05, 4.69) is 0 Å². The third-order valence-electron chi connectivity index (χ3n) is 5.99. The number of carbonyl (C=O) groups excluding carboxylic acids is 1. The summed E-state index contributed by atoms with van der Waals surface area (Å²) in [5, 5.41) is -1.01. The molecule has 0 heterocycles. The Morgan fingerprint density at radius 2 is 1.24 bits per heavy atom. The molecule has 0 aliphatic heterocycles. The number of aryl methyl sites for hydroxylation is 3. The minimum atomic E-state index is -3.84. The van der Waals surface area contributed by atoms with Gasteiger partial charge in [-0.15, -0.1) is 0 Å². The highest BCUT2D eigenvalue weighted by molar-refractivity contribution is 7.92. The second-order valence-electron chi connectivity index (χ2n) is 8.37. The molecule has 1 unspecified atom stereocenters. The first kappa shape index (κ1) is 22.7. The lowest BCUT2D eigenvalue weighted by Gasteiger charge is -2.23. The van der Waals surface area contributed by atoms with Crippen molar-refractivity contribution in [3.05, 3.63) is 136 Å². The van der Waals surface area contributed by atoms with Crippen LogP contribution in [0, 0.1) is 20.8 Å². The Morgan fingerprint density at radius 1 is 0.697 bits per heavy atom. The molecule has 0 aliphatic carbocycles. The molecule has 166 valence electrons. The van der Waals surface area contributed by atoms with Crippen LogP contribution >= 0.6 is 0 Å². The van der Waals surface area contributed by atoms with Crippen LogP contribution in [0.3, 0.4) is 0 Å². The standard InChI is InChI=1S/C29H26O3S/c1-20-14-16-25(17-15-20)33(31,32)29(24-12-8-5-9-13-24)27-19-22(3)21(2)18-26(27)28(30)23-10-6-4-7-11-23/h4-19,29H,1-3H3. The highest BCUT2D eigenvalue weighted by Crippen LogP contribution is 2.38. The molecule has 4 aromatic carbocycles. The molecule has 4 heteroatoms. The predicted molar refractivity (Wildman–Crippen MR) is 132 cm³/mol. The molecular formula is C29H26O3S.